The van der Waals surface area contributed by atoms with Gasteiger partial charge in [-0.25, -0.2) is 24.0 Å². The molecule has 1 aliphatic rings. The zero-order valence-electron chi connectivity index (χ0n) is 17.7. The quantitative estimate of drug-likeness (QED) is 0.496. The fourth-order valence-electron chi connectivity index (χ4n) is 4.24. The summed E-state index contributed by atoms with van der Waals surface area (Å²) < 4.78 is 23.0. The molecule has 8 heteroatoms. The van der Waals surface area contributed by atoms with Crippen LogP contribution in [0, 0.1) is 19.7 Å². The number of fused-ring (bicyclic) bond motifs is 1. The fraction of sp³-hybridized carbons (Fsp3) is 0.304. The molecule has 31 heavy (non-hydrogen) atoms. The lowest BCUT2D eigenvalue weighted by Crippen LogP contribution is -2.18. The van der Waals surface area contributed by atoms with Crippen LogP contribution < -0.4 is 4.74 Å². The second-order valence-corrected chi connectivity index (χ2v) is 7.86. The van der Waals surface area contributed by atoms with Crippen molar-refractivity contribution >= 4 is 0 Å². The Morgan fingerprint density at radius 1 is 1.13 bits per heavy atom. The lowest BCUT2D eigenvalue weighted by Gasteiger charge is -2.23. The molecule has 0 aliphatic carbocycles. The topological polar surface area (TPSA) is 70.7 Å². The molecule has 0 N–H and O–H groups in total. The van der Waals surface area contributed by atoms with Crippen molar-refractivity contribution in [2.24, 2.45) is 0 Å². The maximum absolute atomic E-state index is 13.6. The minimum Gasteiger partial charge on any atom is -0.479 e. The Labute approximate surface area is 179 Å². The molecule has 1 aliphatic heterocycles. The van der Waals surface area contributed by atoms with Gasteiger partial charge in [0.1, 0.15) is 23.0 Å². The maximum Gasteiger partial charge on any atom is 0.238 e. The fourth-order valence-corrected chi connectivity index (χ4v) is 4.24. The zero-order valence-corrected chi connectivity index (χ0v) is 17.7. The molecule has 3 aromatic heterocycles. The summed E-state index contributed by atoms with van der Waals surface area (Å²) in [5.41, 5.74) is 4.39. The van der Waals surface area contributed by atoms with Crippen molar-refractivity contribution in [2.75, 3.05) is 7.11 Å². The third kappa shape index (κ3) is 3.48. The van der Waals surface area contributed by atoms with Gasteiger partial charge in [-0.1, -0.05) is 6.07 Å². The number of hydrogen-bond acceptors (Lipinski definition) is 5. The van der Waals surface area contributed by atoms with Crippen LogP contribution in [0.25, 0.3) is 17.2 Å². The van der Waals surface area contributed by atoms with Crippen LogP contribution >= 0.6 is 0 Å². The Bertz CT molecular complexity index is 1260. The maximum atomic E-state index is 13.6. The van der Waals surface area contributed by atoms with Crippen molar-refractivity contribution < 1.29 is 9.13 Å². The number of ether oxygens (including phenoxy) is 1. The summed E-state index contributed by atoms with van der Waals surface area (Å²) in [7, 11) is 1.60. The van der Waals surface area contributed by atoms with E-state index in [1.54, 1.807) is 19.5 Å². The van der Waals surface area contributed by atoms with E-state index in [2.05, 4.69) is 9.97 Å². The summed E-state index contributed by atoms with van der Waals surface area (Å²) in [6.07, 6.45) is 5.60. The van der Waals surface area contributed by atoms with Crippen LogP contribution in [0.15, 0.2) is 42.9 Å². The molecule has 4 aromatic rings. The number of imidazole rings is 1. The van der Waals surface area contributed by atoms with Gasteiger partial charge < -0.3 is 9.30 Å². The van der Waals surface area contributed by atoms with Gasteiger partial charge in [-0.05, 0) is 62.1 Å². The van der Waals surface area contributed by atoms with Crippen LogP contribution in [0.4, 0.5) is 4.39 Å². The first kappa shape index (κ1) is 19.4. The van der Waals surface area contributed by atoms with Crippen LogP contribution in [0.2, 0.25) is 0 Å². The molecule has 0 amide bonds. The molecular weight excluding hydrogens is 395 g/mol. The van der Waals surface area contributed by atoms with Gasteiger partial charge in [-0.15, -0.1) is 5.10 Å². The van der Waals surface area contributed by atoms with E-state index < -0.39 is 0 Å². The Morgan fingerprint density at radius 2 is 2.00 bits per heavy atom. The van der Waals surface area contributed by atoms with E-state index in [9.17, 15) is 4.39 Å². The Morgan fingerprint density at radius 3 is 2.74 bits per heavy atom. The first-order valence-corrected chi connectivity index (χ1v) is 10.3. The van der Waals surface area contributed by atoms with Gasteiger partial charge in [-0.3, -0.25) is 0 Å². The van der Waals surface area contributed by atoms with E-state index in [1.165, 1.54) is 6.07 Å². The van der Waals surface area contributed by atoms with Gasteiger partial charge in [0.25, 0.3) is 0 Å². The molecule has 0 bridgehead atoms. The minimum absolute atomic E-state index is 0.0886. The summed E-state index contributed by atoms with van der Waals surface area (Å²) in [5, 5.41) is 4.72. The van der Waals surface area contributed by atoms with Crippen molar-refractivity contribution in [3.63, 3.8) is 0 Å². The monoisotopic (exact) mass is 418 g/mol. The summed E-state index contributed by atoms with van der Waals surface area (Å²) in [5.74, 6) is 1.81. The van der Waals surface area contributed by atoms with Crippen LogP contribution in [-0.4, -0.2) is 36.4 Å². The standard InChI is InChI=1S/C23H23FN6O/c1-14-11-16(24)6-7-17(14)18-5-4-10-30-22(18)27-21(28-30)19-8-9-20(23(26-19)31-3)29-12-15(2)25-13-29/h6-9,11-13,18H,4-5,10H2,1-3H3/t18-/m0/s1. The van der Waals surface area contributed by atoms with Crippen molar-refractivity contribution in [1.82, 2.24) is 29.3 Å². The highest BCUT2D eigenvalue weighted by Gasteiger charge is 2.28. The number of methoxy groups -OCH3 is 1. The number of halogens is 1. The van der Waals surface area contributed by atoms with Crippen molar-refractivity contribution in [3.8, 4) is 23.1 Å². The molecule has 1 atom stereocenters. The van der Waals surface area contributed by atoms with Gasteiger partial charge >= 0.3 is 0 Å². The Kier molecular flexibility index (Phi) is 4.77. The molecule has 4 heterocycles. The number of hydrogen-bond donors (Lipinski definition) is 0. The van der Waals surface area contributed by atoms with E-state index in [-0.39, 0.29) is 11.7 Å². The molecule has 158 valence electrons. The first-order chi connectivity index (χ1) is 15.0. The number of aryl methyl sites for hydroxylation is 3. The molecular formula is C23H23FN6O. The largest absolute Gasteiger partial charge is 0.479 e. The van der Waals surface area contributed by atoms with Gasteiger partial charge in [0.05, 0.1) is 19.1 Å². The smallest absolute Gasteiger partial charge is 0.238 e. The van der Waals surface area contributed by atoms with E-state index in [0.29, 0.717) is 17.4 Å². The van der Waals surface area contributed by atoms with Crippen molar-refractivity contribution in [2.45, 2.75) is 39.2 Å². The molecule has 1 aromatic carbocycles. The highest BCUT2D eigenvalue weighted by atomic mass is 19.1. The molecule has 0 fully saturated rings. The number of benzene rings is 1. The van der Waals surface area contributed by atoms with E-state index in [4.69, 9.17) is 14.8 Å². The Balaban J connectivity index is 1.53. The lowest BCUT2D eigenvalue weighted by molar-refractivity contribution is 0.396. The van der Waals surface area contributed by atoms with E-state index in [0.717, 1.165) is 47.7 Å². The molecule has 5 rings (SSSR count). The van der Waals surface area contributed by atoms with Crippen LogP contribution in [0.1, 0.15) is 41.4 Å². The Hall–Kier alpha value is -3.55. The van der Waals surface area contributed by atoms with Crippen LogP contribution in [-0.2, 0) is 6.54 Å². The first-order valence-electron chi connectivity index (χ1n) is 10.3. The summed E-state index contributed by atoms with van der Waals surface area (Å²) >= 11 is 0. The molecule has 7 nitrogen and oxygen atoms in total. The van der Waals surface area contributed by atoms with Gasteiger partial charge in [0.2, 0.25) is 5.88 Å². The van der Waals surface area contributed by atoms with E-state index >= 15 is 0 Å². The highest BCUT2D eigenvalue weighted by Crippen LogP contribution is 2.35. The van der Waals surface area contributed by atoms with E-state index in [1.807, 2.05) is 47.5 Å². The third-order valence-electron chi connectivity index (χ3n) is 5.73. The number of nitrogens with zero attached hydrogens (tertiary/aromatic N) is 6. The third-order valence-corrected chi connectivity index (χ3v) is 5.73. The second kappa shape index (κ2) is 7.61. The van der Waals surface area contributed by atoms with Crippen LogP contribution in [0.5, 0.6) is 5.88 Å². The second-order valence-electron chi connectivity index (χ2n) is 7.86. The molecule has 0 unspecified atom stereocenters. The number of rotatable bonds is 4. The highest BCUT2D eigenvalue weighted by molar-refractivity contribution is 5.55. The SMILES string of the molecule is COc1nc(-c2nc3n(n2)CCC[C@H]3c2ccc(F)cc2C)ccc1-n1cnc(C)c1. The predicted octanol–water partition coefficient (Wildman–Crippen LogP) is 4.22. The minimum atomic E-state index is -0.219. The molecule has 0 spiro atoms. The molecule has 0 saturated heterocycles. The van der Waals surface area contributed by atoms with Crippen molar-refractivity contribution in [1.29, 1.82) is 0 Å². The van der Waals surface area contributed by atoms with Gasteiger partial charge in [0, 0.05) is 18.7 Å². The summed E-state index contributed by atoms with van der Waals surface area (Å²) in [6, 6.07) is 8.79. The summed E-state index contributed by atoms with van der Waals surface area (Å²) in [4.78, 5) is 13.8. The average Bonchev–Trinajstić information content (AvgIpc) is 3.39. The lowest BCUT2D eigenvalue weighted by atomic mass is 9.88. The van der Waals surface area contributed by atoms with Crippen LogP contribution in [0.3, 0.4) is 0 Å². The normalized spacial score (nSPS) is 15.7. The number of pyridine rings is 1. The predicted molar refractivity (Wildman–Crippen MR) is 114 cm³/mol. The van der Waals surface area contributed by atoms with Gasteiger partial charge in [-0.2, -0.15) is 0 Å². The number of aromatic nitrogens is 6. The molecule has 0 saturated carbocycles. The zero-order chi connectivity index (χ0) is 21.5. The average molecular weight is 418 g/mol. The molecule has 0 radical (unpaired) electrons. The summed E-state index contributed by atoms with van der Waals surface area (Å²) in [6.45, 7) is 4.68. The van der Waals surface area contributed by atoms with Crippen molar-refractivity contribution in [3.05, 3.63) is 71.3 Å². The van der Waals surface area contributed by atoms with Gasteiger partial charge in [0.15, 0.2) is 5.82 Å².